The van der Waals surface area contributed by atoms with Crippen LogP contribution in [0.3, 0.4) is 0 Å². The van der Waals surface area contributed by atoms with E-state index < -0.39 is 5.78 Å². The molecule has 0 saturated carbocycles. The highest BCUT2D eigenvalue weighted by molar-refractivity contribution is 9.10. The number of carbonyl (C=O) groups excluding carboxylic acids is 3. The third-order valence-corrected chi connectivity index (χ3v) is 8.30. The minimum absolute atomic E-state index is 0.0134. The summed E-state index contributed by atoms with van der Waals surface area (Å²) >= 11 is 9.94. The van der Waals surface area contributed by atoms with Gasteiger partial charge in [0.2, 0.25) is 11.7 Å². The first-order chi connectivity index (χ1) is 19.7. The Labute approximate surface area is 252 Å². The summed E-state index contributed by atoms with van der Waals surface area (Å²) in [6.45, 7) is 0.247. The van der Waals surface area contributed by atoms with E-state index in [1.54, 1.807) is 60.7 Å². The summed E-state index contributed by atoms with van der Waals surface area (Å²) in [6.07, 6.45) is 2.08. The van der Waals surface area contributed by atoms with Crippen molar-refractivity contribution in [1.82, 2.24) is 4.90 Å². The van der Waals surface area contributed by atoms with Crippen molar-refractivity contribution in [2.75, 3.05) is 19.0 Å². The van der Waals surface area contributed by atoms with E-state index >= 15 is 0 Å². The van der Waals surface area contributed by atoms with Gasteiger partial charge in [-0.25, -0.2) is 4.39 Å². The van der Waals surface area contributed by atoms with Crippen LogP contribution in [0.25, 0.3) is 17.0 Å². The molecule has 0 unspecified atom stereocenters. The number of nitrogens with zero attached hydrogens (tertiary/aromatic N) is 1. The Morgan fingerprint density at radius 1 is 1.15 bits per heavy atom. The maximum Gasteiger partial charge on any atom is 0.266 e. The molecule has 41 heavy (non-hydrogen) atoms. The van der Waals surface area contributed by atoms with Gasteiger partial charge in [0.25, 0.3) is 5.91 Å². The molecule has 0 aliphatic carbocycles. The molecule has 1 aliphatic heterocycles. The first-order valence-electron chi connectivity index (χ1n) is 12.5. The number of ether oxygens (including phenoxy) is 1. The molecule has 2 amide bonds. The first-order valence-corrected chi connectivity index (χ1v) is 14.5. The average molecular weight is 654 g/mol. The van der Waals surface area contributed by atoms with Gasteiger partial charge in [0.15, 0.2) is 5.76 Å². The second kappa shape index (κ2) is 12.4. The molecular formula is C30H22BrFN2O5S2. The summed E-state index contributed by atoms with van der Waals surface area (Å²) in [5.74, 6) is -0.767. The van der Waals surface area contributed by atoms with E-state index in [0.717, 1.165) is 11.8 Å². The highest BCUT2D eigenvalue weighted by Crippen LogP contribution is 2.35. The first kappa shape index (κ1) is 28.7. The molecule has 1 aliphatic rings. The van der Waals surface area contributed by atoms with Crippen molar-refractivity contribution in [1.29, 1.82) is 0 Å². The van der Waals surface area contributed by atoms with Gasteiger partial charge < -0.3 is 14.5 Å². The number of benzene rings is 3. The number of nitrogens with one attached hydrogen (secondary N) is 1. The predicted molar refractivity (Wildman–Crippen MR) is 164 cm³/mol. The van der Waals surface area contributed by atoms with Gasteiger partial charge in [-0.1, -0.05) is 48.2 Å². The number of para-hydroxylation sites is 1. The van der Waals surface area contributed by atoms with Crippen molar-refractivity contribution in [3.05, 3.63) is 98.8 Å². The summed E-state index contributed by atoms with van der Waals surface area (Å²) in [7, 11) is 1.53. The molecule has 4 aromatic rings. The van der Waals surface area contributed by atoms with Gasteiger partial charge in [-0.3, -0.25) is 19.3 Å². The Kier molecular flexibility index (Phi) is 8.67. The maximum atomic E-state index is 13.4. The fourth-order valence-electron chi connectivity index (χ4n) is 4.27. The van der Waals surface area contributed by atoms with E-state index in [2.05, 4.69) is 21.2 Å². The number of carbonyl (C=O) groups is 3. The number of hydrogen-bond acceptors (Lipinski definition) is 7. The third-order valence-electron chi connectivity index (χ3n) is 6.31. The van der Waals surface area contributed by atoms with Crippen molar-refractivity contribution in [2.45, 2.75) is 12.8 Å². The summed E-state index contributed by atoms with van der Waals surface area (Å²) in [5.41, 5.74) is 1.79. The molecule has 0 spiro atoms. The van der Waals surface area contributed by atoms with Crippen molar-refractivity contribution in [2.24, 2.45) is 0 Å². The fraction of sp³-hybridized carbons (Fsp3) is 0.133. The van der Waals surface area contributed by atoms with Gasteiger partial charge >= 0.3 is 0 Å². The minimum Gasteiger partial charge on any atom is -0.496 e. The Balaban J connectivity index is 1.27. The zero-order valence-electron chi connectivity index (χ0n) is 21.6. The van der Waals surface area contributed by atoms with Crippen LogP contribution in [0.2, 0.25) is 0 Å². The van der Waals surface area contributed by atoms with E-state index in [0.29, 0.717) is 48.0 Å². The molecule has 5 rings (SSSR count). The standard InChI is InChI=1S/C30H22BrFN2O5S2/c1-38-23-13-10-18(16-21(23)31)27(36)28-26(20-5-2-3-6-22(20)39-28)33-25(35)7-4-14-34-29(37)24(41-30(34)40)15-17-8-11-19(32)12-9-17/h2-3,5-6,8-13,15-16H,4,7,14H2,1H3,(H,33,35)/b24-15-. The lowest BCUT2D eigenvalue weighted by Gasteiger charge is -2.14. The number of furan rings is 1. The molecule has 0 radical (unpaired) electrons. The number of ketones is 1. The van der Waals surface area contributed by atoms with Crippen molar-refractivity contribution < 1.29 is 27.9 Å². The van der Waals surface area contributed by atoms with Gasteiger partial charge in [-0.05, 0) is 76.5 Å². The topological polar surface area (TPSA) is 88.8 Å². The van der Waals surface area contributed by atoms with Crippen LogP contribution in [-0.4, -0.2) is 40.5 Å². The average Bonchev–Trinajstić information content (AvgIpc) is 3.45. The molecule has 1 saturated heterocycles. The molecule has 208 valence electrons. The molecule has 3 aromatic carbocycles. The summed E-state index contributed by atoms with van der Waals surface area (Å²) in [4.78, 5) is 41.2. The molecular weight excluding hydrogens is 631 g/mol. The lowest BCUT2D eigenvalue weighted by molar-refractivity contribution is -0.122. The number of hydrogen-bond donors (Lipinski definition) is 1. The van der Waals surface area contributed by atoms with Crippen LogP contribution in [-0.2, 0) is 9.59 Å². The van der Waals surface area contributed by atoms with Crippen LogP contribution in [0, 0.1) is 5.82 Å². The van der Waals surface area contributed by atoms with Gasteiger partial charge in [-0.15, -0.1) is 0 Å². The van der Waals surface area contributed by atoms with Crippen molar-refractivity contribution in [3.8, 4) is 5.75 Å². The molecule has 2 heterocycles. The van der Waals surface area contributed by atoms with E-state index in [4.69, 9.17) is 21.4 Å². The number of amides is 2. The molecule has 11 heteroatoms. The molecule has 0 atom stereocenters. The highest BCUT2D eigenvalue weighted by Gasteiger charge is 2.32. The SMILES string of the molecule is COc1ccc(C(=O)c2oc3ccccc3c2NC(=O)CCCN2C(=O)/C(=C/c3ccc(F)cc3)SC2=S)cc1Br. The number of fused-ring (bicyclic) bond motifs is 1. The zero-order chi connectivity index (χ0) is 29.1. The normalized spacial score (nSPS) is 14.2. The smallest absolute Gasteiger partial charge is 0.266 e. The van der Waals surface area contributed by atoms with Gasteiger partial charge in [0, 0.05) is 23.9 Å². The quantitative estimate of drug-likeness (QED) is 0.116. The Hall–Kier alpha value is -3.80. The number of rotatable bonds is 9. The van der Waals surface area contributed by atoms with Crippen molar-refractivity contribution >= 4 is 84.6 Å². The van der Waals surface area contributed by atoms with Crippen molar-refractivity contribution in [3.63, 3.8) is 0 Å². The molecule has 0 bridgehead atoms. The second-order valence-corrected chi connectivity index (χ2v) is 11.5. The van der Waals surface area contributed by atoms with Crippen LogP contribution >= 0.6 is 39.9 Å². The van der Waals surface area contributed by atoms with Crippen LogP contribution in [0.5, 0.6) is 5.75 Å². The molecule has 1 N–H and O–H groups in total. The van der Waals surface area contributed by atoms with Gasteiger partial charge in [0.1, 0.15) is 21.5 Å². The Bertz CT molecular complexity index is 1720. The third kappa shape index (κ3) is 6.27. The van der Waals surface area contributed by atoms with E-state index in [1.165, 1.54) is 24.1 Å². The number of anilines is 1. The van der Waals surface area contributed by atoms with Gasteiger partial charge in [0.05, 0.1) is 22.2 Å². The minimum atomic E-state index is -0.398. The van der Waals surface area contributed by atoms with Crippen LogP contribution in [0.4, 0.5) is 10.1 Å². The maximum absolute atomic E-state index is 13.4. The second-order valence-electron chi connectivity index (χ2n) is 9.02. The summed E-state index contributed by atoms with van der Waals surface area (Å²) < 4.78 is 25.3. The van der Waals surface area contributed by atoms with E-state index in [9.17, 15) is 18.8 Å². The summed E-state index contributed by atoms with van der Waals surface area (Å²) in [5, 5.41) is 3.44. The van der Waals surface area contributed by atoms with Gasteiger partial charge in [-0.2, -0.15) is 0 Å². The van der Waals surface area contributed by atoms with Crippen LogP contribution in [0.1, 0.15) is 34.5 Å². The van der Waals surface area contributed by atoms with E-state index in [-0.39, 0.29) is 42.0 Å². The lowest BCUT2D eigenvalue weighted by Crippen LogP contribution is -2.29. The molecule has 1 aromatic heterocycles. The Morgan fingerprint density at radius 3 is 2.63 bits per heavy atom. The largest absolute Gasteiger partial charge is 0.496 e. The lowest BCUT2D eigenvalue weighted by atomic mass is 10.1. The Morgan fingerprint density at radius 2 is 1.90 bits per heavy atom. The number of halogens is 2. The van der Waals surface area contributed by atoms with Crippen LogP contribution in [0.15, 0.2) is 80.5 Å². The van der Waals surface area contributed by atoms with Crippen LogP contribution < -0.4 is 10.1 Å². The molecule has 7 nitrogen and oxygen atoms in total. The number of thioether (sulfide) groups is 1. The van der Waals surface area contributed by atoms with E-state index in [1.807, 2.05) is 0 Å². The highest BCUT2D eigenvalue weighted by atomic mass is 79.9. The monoisotopic (exact) mass is 652 g/mol. The molecule has 1 fully saturated rings. The predicted octanol–water partition coefficient (Wildman–Crippen LogP) is 7.19. The summed E-state index contributed by atoms with van der Waals surface area (Å²) in [6, 6.07) is 17.8. The fourth-order valence-corrected chi connectivity index (χ4v) is 6.12. The zero-order valence-corrected chi connectivity index (χ0v) is 24.8. The number of methoxy groups -OCH3 is 1. The number of thiocarbonyl (C=S) groups is 1.